The van der Waals surface area contributed by atoms with Crippen molar-refractivity contribution >= 4 is 65.4 Å². The van der Waals surface area contributed by atoms with Crippen LogP contribution in [0.15, 0.2) is 168 Å². The number of furan rings is 1. The zero-order chi connectivity index (χ0) is 34.2. The molecule has 0 saturated heterocycles. The Morgan fingerprint density at radius 1 is 0.481 bits per heavy atom. The van der Waals surface area contributed by atoms with Gasteiger partial charge in [0.25, 0.3) is 0 Å². The van der Waals surface area contributed by atoms with Crippen molar-refractivity contribution in [3.8, 4) is 39.7 Å². The van der Waals surface area contributed by atoms with Crippen molar-refractivity contribution in [3.05, 3.63) is 164 Å². The Morgan fingerprint density at radius 2 is 1.12 bits per heavy atom. The maximum atomic E-state index is 6.47. The fourth-order valence-electron chi connectivity index (χ4n) is 7.71. The van der Waals surface area contributed by atoms with E-state index in [1.165, 1.54) is 32.3 Å². The first-order valence-electron chi connectivity index (χ1n) is 17.3. The topological polar surface area (TPSA) is 69.6 Å². The summed E-state index contributed by atoms with van der Waals surface area (Å²) in [6.07, 6.45) is 3.61. The number of aromatic nitrogens is 5. The van der Waals surface area contributed by atoms with Gasteiger partial charge < -0.3 is 4.42 Å². The third-order valence-electron chi connectivity index (χ3n) is 10.1. The molecule has 0 aliphatic carbocycles. The number of hydrogen-bond acceptors (Lipinski definition) is 5. The Morgan fingerprint density at radius 3 is 1.77 bits per heavy atom. The van der Waals surface area contributed by atoms with Gasteiger partial charge in [0.05, 0.1) is 23.4 Å². The van der Waals surface area contributed by atoms with Crippen LogP contribution in [-0.4, -0.2) is 24.5 Å². The summed E-state index contributed by atoms with van der Waals surface area (Å²) in [6, 6.07) is 52.6. The fraction of sp³-hybridized carbons (Fsp3) is 0. The van der Waals surface area contributed by atoms with Crippen LogP contribution in [0.4, 0.5) is 0 Å². The molecule has 242 valence electrons. The van der Waals surface area contributed by atoms with Gasteiger partial charge in [-0.2, -0.15) is 0 Å². The third kappa shape index (κ3) is 4.31. The number of fused-ring (bicyclic) bond motifs is 10. The molecule has 0 radical (unpaired) electrons. The number of rotatable bonds is 4. The molecule has 0 aliphatic rings. The van der Waals surface area contributed by atoms with Crippen LogP contribution in [-0.2, 0) is 0 Å². The minimum absolute atomic E-state index is 0.484. The van der Waals surface area contributed by atoms with E-state index in [0.29, 0.717) is 22.8 Å². The van der Waals surface area contributed by atoms with Crippen LogP contribution >= 0.6 is 0 Å². The summed E-state index contributed by atoms with van der Waals surface area (Å²) in [5.41, 5.74) is 8.74. The highest BCUT2D eigenvalue weighted by atomic mass is 16.3. The molecule has 6 heteroatoms. The second-order valence-electron chi connectivity index (χ2n) is 13.1. The van der Waals surface area contributed by atoms with Crippen molar-refractivity contribution in [2.45, 2.75) is 0 Å². The Hall–Kier alpha value is -7.18. The van der Waals surface area contributed by atoms with Crippen LogP contribution in [0.1, 0.15) is 0 Å². The number of hydrogen-bond donors (Lipinski definition) is 0. The van der Waals surface area contributed by atoms with Gasteiger partial charge in [0.15, 0.2) is 17.2 Å². The molecule has 0 atom stereocenters. The van der Waals surface area contributed by atoms with Crippen molar-refractivity contribution < 1.29 is 4.42 Å². The summed E-state index contributed by atoms with van der Waals surface area (Å²) in [5.74, 6) is 1.21. The largest absolute Gasteiger partial charge is 0.452 e. The molecule has 11 rings (SSSR count). The highest BCUT2D eigenvalue weighted by molar-refractivity contribution is 6.28. The Kier molecular flexibility index (Phi) is 6.15. The van der Waals surface area contributed by atoms with E-state index in [4.69, 9.17) is 24.4 Å². The number of nitrogens with zero attached hydrogens (tertiary/aromatic N) is 5. The quantitative estimate of drug-likeness (QED) is 0.187. The zero-order valence-corrected chi connectivity index (χ0v) is 27.7. The van der Waals surface area contributed by atoms with Gasteiger partial charge in [-0.05, 0) is 56.9 Å². The minimum Gasteiger partial charge on any atom is -0.452 e. The minimum atomic E-state index is 0.484. The molecule has 6 nitrogen and oxygen atoms in total. The van der Waals surface area contributed by atoms with Crippen molar-refractivity contribution in [3.63, 3.8) is 0 Å². The predicted octanol–water partition coefficient (Wildman–Crippen LogP) is 11.6. The van der Waals surface area contributed by atoms with Gasteiger partial charge in [-0.15, -0.1) is 0 Å². The van der Waals surface area contributed by atoms with Gasteiger partial charge in [-0.1, -0.05) is 127 Å². The maximum Gasteiger partial charge on any atom is 0.181 e. The first-order valence-corrected chi connectivity index (χ1v) is 17.3. The van der Waals surface area contributed by atoms with Gasteiger partial charge >= 0.3 is 0 Å². The summed E-state index contributed by atoms with van der Waals surface area (Å²) >= 11 is 0. The SMILES string of the molecule is c1ccc(-c2ccc3oc4c(-c5ccccc5)nc(-c5cnc(-n6c7ccc8ccccc8c7c7c8ccccc8ccc76)cn5)nc4c3c2)cc1. The standard InChI is InChI=1S/C46H27N5O/c1-3-11-28(12-4-1)32-21-24-39-35(25-32)44-45(52-39)43(31-15-5-2-6-16-31)49-46(50-44)36-26-48-40(27-47-36)51-37-22-19-29-13-7-9-17-33(29)41(37)42-34-18-10-8-14-30(34)20-23-38(42)51/h1-27H. The molecule has 0 saturated carbocycles. The molecule has 11 aromatic rings. The van der Waals surface area contributed by atoms with E-state index >= 15 is 0 Å². The van der Waals surface area contributed by atoms with Crippen LogP contribution in [0, 0.1) is 0 Å². The van der Waals surface area contributed by atoms with E-state index in [9.17, 15) is 0 Å². The van der Waals surface area contributed by atoms with Crippen LogP contribution in [0.3, 0.4) is 0 Å². The van der Waals surface area contributed by atoms with Crippen LogP contribution < -0.4 is 0 Å². The summed E-state index contributed by atoms with van der Waals surface area (Å²) in [4.78, 5) is 20.2. The van der Waals surface area contributed by atoms with Gasteiger partial charge in [0.2, 0.25) is 0 Å². The van der Waals surface area contributed by atoms with Crippen LogP contribution in [0.25, 0.3) is 105 Å². The summed E-state index contributed by atoms with van der Waals surface area (Å²) in [5, 5.41) is 8.16. The van der Waals surface area contributed by atoms with Gasteiger partial charge in [0, 0.05) is 21.7 Å². The summed E-state index contributed by atoms with van der Waals surface area (Å²) in [6.45, 7) is 0. The van der Waals surface area contributed by atoms with Crippen molar-refractivity contribution in [1.29, 1.82) is 0 Å². The molecule has 0 fully saturated rings. The normalized spacial score (nSPS) is 11.8. The summed E-state index contributed by atoms with van der Waals surface area (Å²) in [7, 11) is 0. The molecular weight excluding hydrogens is 639 g/mol. The smallest absolute Gasteiger partial charge is 0.181 e. The van der Waals surface area contributed by atoms with Crippen molar-refractivity contribution in [1.82, 2.24) is 24.5 Å². The van der Waals surface area contributed by atoms with Crippen molar-refractivity contribution in [2.75, 3.05) is 0 Å². The molecule has 0 amide bonds. The molecule has 0 N–H and O–H groups in total. The first kappa shape index (κ1) is 28.6. The zero-order valence-electron chi connectivity index (χ0n) is 27.7. The maximum absolute atomic E-state index is 6.47. The highest BCUT2D eigenvalue weighted by Crippen LogP contribution is 2.41. The molecule has 52 heavy (non-hydrogen) atoms. The lowest BCUT2D eigenvalue weighted by Crippen LogP contribution is -2.01. The van der Waals surface area contributed by atoms with E-state index in [1.807, 2.05) is 60.8 Å². The fourth-order valence-corrected chi connectivity index (χ4v) is 7.71. The van der Waals surface area contributed by atoms with Crippen LogP contribution in [0.2, 0.25) is 0 Å². The predicted molar refractivity (Wildman–Crippen MR) is 211 cm³/mol. The van der Waals surface area contributed by atoms with Crippen LogP contribution in [0.5, 0.6) is 0 Å². The van der Waals surface area contributed by atoms with Gasteiger partial charge in [-0.3, -0.25) is 4.57 Å². The van der Waals surface area contributed by atoms with E-state index in [1.54, 1.807) is 6.20 Å². The lowest BCUT2D eigenvalue weighted by Gasteiger charge is -2.09. The van der Waals surface area contributed by atoms with E-state index < -0.39 is 0 Å². The molecule has 4 aromatic heterocycles. The molecule has 0 bridgehead atoms. The monoisotopic (exact) mass is 665 g/mol. The lowest BCUT2D eigenvalue weighted by atomic mass is 10.00. The van der Waals surface area contributed by atoms with Gasteiger partial charge in [-0.25, -0.2) is 19.9 Å². The lowest BCUT2D eigenvalue weighted by molar-refractivity contribution is 0.667. The molecule has 0 spiro atoms. The van der Waals surface area contributed by atoms with E-state index in [2.05, 4.69) is 102 Å². The average molecular weight is 666 g/mol. The third-order valence-corrected chi connectivity index (χ3v) is 10.1. The molecule has 0 unspecified atom stereocenters. The highest BCUT2D eigenvalue weighted by Gasteiger charge is 2.21. The van der Waals surface area contributed by atoms with E-state index in [0.717, 1.165) is 50.0 Å². The van der Waals surface area contributed by atoms with Gasteiger partial charge in [0.1, 0.15) is 22.5 Å². The summed E-state index contributed by atoms with van der Waals surface area (Å²) < 4.78 is 8.68. The Labute approximate surface area is 297 Å². The second-order valence-corrected chi connectivity index (χ2v) is 13.1. The Bertz CT molecular complexity index is 3070. The molecular formula is C46H27N5O. The molecule has 4 heterocycles. The second kappa shape index (κ2) is 11.2. The average Bonchev–Trinajstić information content (AvgIpc) is 3.77. The molecule has 0 aliphatic heterocycles. The molecule has 7 aromatic carbocycles. The Balaban J connectivity index is 1.12. The van der Waals surface area contributed by atoms with E-state index in [-0.39, 0.29) is 0 Å². The van der Waals surface area contributed by atoms with Crippen molar-refractivity contribution in [2.24, 2.45) is 0 Å². The first-order chi connectivity index (χ1) is 25.8. The number of benzene rings is 7.